The van der Waals surface area contributed by atoms with Gasteiger partial charge < -0.3 is 5.11 Å². The molecule has 2 rings (SSSR count). The van der Waals surface area contributed by atoms with Crippen LogP contribution in [-0.4, -0.2) is 37.5 Å². The number of sulfonamides is 1. The molecule has 0 saturated carbocycles. The van der Waals surface area contributed by atoms with Crippen LogP contribution in [0.1, 0.15) is 26.2 Å². The number of halogens is 2. The molecule has 0 aromatic heterocycles. The lowest BCUT2D eigenvalue weighted by atomic mass is 9.77. The van der Waals surface area contributed by atoms with Crippen molar-refractivity contribution in [2.45, 2.75) is 31.1 Å². The van der Waals surface area contributed by atoms with E-state index in [2.05, 4.69) is 0 Å². The number of aliphatic hydroxyl groups is 1. The average Bonchev–Trinajstić information content (AvgIpc) is 2.47. The summed E-state index contributed by atoms with van der Waals surface area (Å²) in [5.41, 5.74) is -0.196. The molecule has 0 radical (unpaired) electrons. The van der Waals surface area contributed by atoms with Crippen LogP contribution in [0.5, 0.6) is 0 Å². The van der Waals surface area contributed by atoms with Gasteiger partial charge in [-0.1, -0.05) is 18.5 Å². The summed E-state index contributed by atoms with van der Waals surface area (Å²) in [6.45, 7) is 2.74. The molecular formula is C14H19ClFNO3S. The lowest BCUT2D eigenvalue weighted by Gasteiger charge is -2.39. The Kier molecular flexibility index (Phi) is 4.92. The molecule has 21 heavy (non-hydrogen) atoms. The van der Waals surface area contributed by atoms with E-state index in [1.165, 1.54) is 10.4 Å². The molecule has 0 spiro atoms. The van der Waals surface area contributed by atoms with Gasteiger partial charge in [0.05, 0.1) is 5.02 Å². The highest BCUT2D eigenvalue weighted by molar-refractivity contribution is 7.89. The summed E-state index contributed by atoms with van der Waals surface area (Å²) in [7, 11) is -3.72. The van der Waals surface area contributed by atoms with E-state index in [4.69, 9.17) is 11.6 Å². The van der Waals surface area contributed by atoms with Crippen molar-refractivity contribution in [1.29, 1.82) is 0 Å². The summed E-state index contributed by atoms with van der Waals surface area (Å²) < 4.78 is 39.5. The molecule has 7 heteroatoms. The Morgan fingerprint density at radius 1 is 1.38 bits per heavy atom. The summed E-state index contributed by atoms with van der Waals surface area (Å²) in [6.07, 6.45) is 2.03. The van der Waals surface area contributed by atoms with Crippen LogP contribution in [0.4, 0.5) is 4.39 Å². The Morgan fingerprint density at radius 3 is 2.48 bits per heavy atom. The number of piperidine rings is 1. The maximum absolute atomic E-state index is 13.1. The van der Waals surface area contributed by atoms with Crippen LogP contribution < -0.4 is 0 Å². The molecule has 1 fully saturated rings. The standard InChI is InChI=1S/C14H19ClFNO3S/c1-2-14(10-18)5-7-17(8-6-14)21(19,20)13-4-3-11(16)9-12(13)15/h3-4,9,18H,2,5-8,10H2,1H3. The van der Waals surface area contributed by atoms with Crippen molar-refractivity contribution in [3.8, 4) is 0 Å². The van der Waals surface area contributed by atoms with Crippen LogP contribution in [0.15, 0.2) is 23.1 Å². The van der Waals surface area contributed by atoms with Gasteiger partial charge in [-0.2, -0.15) is 4.31 Å². The number of hydrogen-bond donors (Lipinski definition) is 1. The van der Waals surface area contributed by atoms with Crippen LogP contribution in [0.3, 0.4) is 0 Å². The molecule has 1 aromatic carbocycles. The van der Waals surface area contributed by atoms with E-state index in [0.717, 1.165) is 18.6 Å². The van der Waals surface area contributed by atoms with Gasteiger partial charge in [0.15, 0.2) is 0 Å². The normalized spacial score (nSPS) is 19.6. The van der Waals surface area contributed by atoms with Crippen molar-refractivity contribution in [2.24, 2.45) is 5.41 Å². The van der Waals surface area contributed by atoms with E-state index in [-0.39, 0.29) is 21.9 Å². The Morgan fingerprint density at radius 2 is 2.00 bits per heavy atom. The molecule has 118 valence electrons. The minimum absolute atomic E-state index is 0.0642. The zero-order chi connectivity index (χ0) is 15.7. The number of benzene rings is 1. The maximum Gasteiger partial charge on any atom is 0.244 e. The predicted octanol–water partition coefficient (Wildman–Crippen LogP) is 2.65. The molecule has 0 amide bonds. The topological polar surface area (TPSA) is 57.6 Å². The smallest absolute Gasteiger partial charge is 0.244 e. The third-order valence-electron chi connectivity index (χ3n) is 4.38. The van der Waals surface area contributed by atoms with Gasteiger partial charge in [0.1, 0.15) is 10.7 Å². The van der Waals surface area contributed by atoms with Crippen LogP contribution >= 0.6 is 11.6 Å². The van der Waals surface area contributed by atoms with Gasteiger partial charge in [0.2, 0.25) is 10.0 Å². The molecule has 1 aromatic rings. The molecule has 1 N–H and O–H groups in total. The van der Waals surface area contributed by atoms with E-state index in [1.807, 2.05) is 6.92 Å². The van der Waals surface area contributed by atoms with Crippen LogP contribution in [0.25, 0.3) is 0 Å². The first-order valence-corrected chi connectivity index (χ1v) is 8.72. The largest absolute Gasteiger partial charge is 0.396 e. The second kappa shape index (κ2) is 6.20. The Balaban J connectivity index is 2.22. The van der Waals surface area contributed by atoms with Gasteiger partial charge >= 0.3 is 0 Å². The van der Waals surface area contributed by atoms with Gasteiger partial charge in [0, 0.05) is 19.7 Å². The number of rotatable bonds is 4. The molecule has 1 aliphatic rings. The number of aliphatic hydroxyl groups excluding tert-OH is 1. The molecule has 4 nitrogen and oxygen atoms in total. The molecule has 0 atom stereocenters. The molecule has 0 bridgehead atoms. The third-order valence-corrected chi connectivity index (χ3v) is 6.76. The van der Waals surface area contributed by atoms with Crippen molar-refractivity contribution >= 4 is 21.6 Å². The molecule has 0 unspecified atom stereocenters. The lowest BCUT2D eigenvalue weighted by molar-refractivity contribution is 0.0647. The zero-order valence-electron chi connectivity index (χ0n) is 11.8. The fourth-order valence-electron chi connectivity index (χ4n) is 2.65. The SMILES string of the molecule is CCC1(CO)CCN(S(=O)(=O)c2ccc(F)cc2Cl)CC1. The van der Waals surface area contributed by atoms with Gasteiger partial charge in [-0.15, -0.1) is 0 Å². The maximum atomic E-state index is 13.1. The van der Waals surface area contributed by atoms with Crippen molar-refractivity contribution in [3.05, 3.63) is 29.0 Å². The van der Waals surface area contributed by atoms with Crippen molar-refractivity contribution in [1.82, 2.24) is 4.31 Å². The fraction of sp³-hybridized carbons (Fsp3) is 0.571. The quantitative estimate of drug-likeness (QED) is 0.920. The second-order valence-corrected chi connectivity index (χ2v) is 7.80. The summed E-state index contributed by atoms with van der Waals surface area (Å²) in [4.78, 5) is -0.0708. The first kappa shape index (κ1) is 16.7. The van der Waals surface area contributed by atoms with Gasteiger partial charge in [-0.25, -0.2) is 12.8 Å². The highest BCUT2D eigenvalue weighted by Gasteiger charge is 2.37. The Labute approximate surface area is 129 Å². The monoisotopic (exact) mass is 335 g/mol. The number of nitrogens with zero attached hydrogens (tertiary/aromatic N) is 1. The summed E-state index contributed by atoms with van der Waals surface area (Å²) in [5, 5.41) is 9.38. The molecule has 0 aliphatic carbocycles. The van der Waals surface area contributed by atoms with Crippen molar-refractivity contribution < 1.29 is 17.9 Å². The minimum atomic E-state index is -3.72. The highest BCUT2D eigenvalue weighted by atomic mass is 35.5. The third kappa shape index (κ3) is 3.23. The van der Waals surface area contributed by atoms with Gasteiger partial charge in [-0.3, -0.25) is 0 Å². The van der Waals surface area contributed by atoms with Crippen molar-refractivity contribution in [3.63, 3.8) is 0 Å². The first-order valence-electron chi connectivity index (χ1n) is 6.91. The lowest BCUT2D eigenvalue weighted by Crippen LogP contribution is -2.44. The van der Waals surface area contributed by atoms with E-state index in [0.29, 0.717) is 25.9 Å². The average molecular weight is 336 g/mol. The number of hydrogen-bond acceptors (Lipinski definition) is 3. The Bertz CT molecular complexity index is 607. The summed E-state index contributed by atoms with van der Waals surface area (Å²) in [6, 6.07) is 3.29. The molecular weight excluding hydrogens is 317 g/mol. The van der Waals surface area contributed by atoms with E-state index in [9.17, 15) is 17.9 Å². The van der Waals surface area contributed by atoms with Gasteiger partial charge in [-0.05, 0) is 42.9 Å². The first-order chi connectivity index (χ1) is 9.84. The fourth-order valence-corrected chi connectivity index (χ4v) is 4.59. The molecule has 1 saturated heterocycles. The van der Waals surface area contributed by atoms with E-state index >= 15 is 0 Å². The Hall–Kier alpha value is -0.690. The van der Waals surface area contributed by atoms with Crippen LogP contribution in [0.2, 0.25) is 5.02 Å². The van der Waals surface area contributed by atoms with Crippen LogP contribution in [-0.2, 0) is 10.0 Å². The summed E-state index contributed by atoms with van der Waals surface area (Å²) in [5.74, 6) is -0.567. The molecule has 1 heterocycles. The van der Waals surface area contributed by atoms with E-state index < -0.39 is 15.8 Å². The second-order valence-electron chi connectivity index (χ2n) is 5.49. The van der Waals surface area contributed by atoms with E-state index in [1.54, 1.807) is 0 Å². The predicted molar refractivity (Wildman–Crippen MR) is 79.2 cm³/mol. The van der Waals surface area contributed by atoms with Crippen molar-refractivity contribution in [2.75, 3.05) is 19.7 Å². The summed E-state index contributed by atoms with van der Waals surface area (Å²) >= 11 is 5.86. The highest BCUT2D eigenvalue weighted by Crippen LogP contribution is 2.36. The zero-order valence-corrected chi connectivity index (χ0v) is 13.4. The minimum Gasteiger partial charge on any atom is -0.396 e. The van der Waals surface area contributed by atoms with Crippen LogP contribution in [0, 0.1) is 11.2 Å². The van der Waals surface area contributed by atoms with Gasteiger partial charge in [0.25, 0.3) is 0 Å². The molecule has 1 aliphatic heterocycles.